The van der Waals surface area contributed by atoms with Crippen LogP contribution < -0.4 is 10.9 Å². The second-order valence-corrected chi connectivity index (χ2v) is 4.35. The SMILES string of the molecule is C=C(NNC(=O)c1ccccc1[N+](=O)[O-])c1ccccc1O. The molecular weight excluding hydrogens is 286 g/mol. The third kappa shape index (κ3) is 3.21. The summed E-state index contributed by atoms with van der Waals surface area (Å²) in [4.78, 5) is 22.3. The molecule has 0 radical (unpaired) electrons. The van der Waals surface area contributed by atoms with Crippen LogP contribution in [0.25, 0.3) is 5.70 Å². The highest BCUT2D eigenvalue weighted by Gasteiger charge is 2.19. The van der Waals surface area contributed by atoms with E-state index in [1.54, 1.807) is 18.2 Å². The maximum atomic E-state index is 12.0. The van der Waals surface area contributed by atoms with Crippen molar-refractivity contribution in [2.24, 2.45) is 0 Å². The van der Waals surface area contributed by atoms with Gasteiger partial charge in [0, 0.05) is 11.6 Å². The first-order valence-corrected chi connectivity index (χ1v) is 6.27. The van der Waals surface area contributed by atoms with Crippen molar-refractivity contribution in [2.45, 2.75) is 0 Å². The maximum absolute atomic E-state index is 12.0. The molecule has 22 heavy (non-hydrogen) atoms. The Labute approximate surface area is 126 Å². The summed E-state index contributed by atoms with van der Waals surface area (Å²) in [5.74, 6) is -0.677. The zero-order valence-corrected chi connectivity index (χ0v) is 11.4. The van der Waals surface area contributed by atoms with E-state index in [1.165, 1.54) is 30.3 Å². The second-order valence-electron chi connectivity index (χ2n) is 4.35. The summed E-state index contributed by atoms with van der Waals surface area (Å²) in [5.41, 5.74) is 5.13. The third-order valence-corrected chi connectivity index (χ3v) is 2.90. The molecule has 2 aromatic carbocycles. The van der Waals surface area contributed by atoms with Gasteiger partial charge in [-0.1, -0.05) is 30.8 Å². The van der Waals surface area contributed by atoms with Crippen molar-refractivity contribution < 1.29 is 14.8 Å². The standard InChI is InChI=1S/C15H13N3O4/c1-10(11-6-3-5-9-14(11)19)16-17-15(20)12-7-2-4-8-13(12)18(21)22/h2-9,16,19H,1H2,(H,17,20). The van der Waals surface area contributed by atoms with Gasteiger partial charge in [0.15, 0.2) is 0 Å². The van der Waals surface area contributed by atoms with Gasteiger partial charge < -0.3 is 5.11 Å². The molecule has 0 saturated carbocycles. The zero-order chi connectivity index (χ0) is 16.1. The van der Waals surface area contributed by atoms with Gasteiger partial charge in [-0.05, 0) is 18.2 Å². The Morgan fingerprint density at radius 2 is 1.64 bits per heavy atom. The minimum atomic E-state index is -0.677. The highest BCUT2D eigenvalue weighted by Crippen LogP contribution is 2.21. The van der Waals surface area contributed by atoms with Gasteiger partial charge in [-0.25, -0.2) is 0 Å². The van der Waals surface area contributed by atoms with E-state index >= 15 is 0 Å². The summed E-state index contributed by atoms with van der Waals surface area (Å²) < 4.78 is 0. The van der Waals surface area contributed by atoms with Gasteiger partial charge in [-0.3, -0.25) is 25.8 Å². The van der Waals surface area contributed by atoms with Crippen LogP contribution in [0.2, 0.25) is 0 Å². The summed E-state index contributed by atoms with van der Waals surface area (Å²) >= 11 is 0. The number of nitrogens with one attached hydrogen (secondary N) is 2. The first-order valence-electron chi connectivity index (χ1n) is 6.27. The van der Waals surface area contributed by atoms with Crippen molar-refractivity contribution in [3.8, 4) is 5.75 Å². The largest absolute Gasteiger partial charge is 0.507 e. The highest BCUT2D eigenvalue weighted by molar-refractivity contribution is 5.98. The van der Waals surface area contributed by atoms with E-state index in [4.69, 9.17) is 0 Å². The van der Waals surface area contributed by atoms with E-state index in [0.717, 1.165) is 0 Å². The summed E-state index contributed by atoms with van der Waals surface area (Å²) in [5, 5.41) is 20.6. The van der Waals surface area contributed by atoms with Crippen LogP contribution in [-0.2, 0) is 0 Å². The van der Waals surface area contributed by atoms with Crippen LogP contribution in [0.3, 0.4) is 0 Å². The molecule has 0 fully saturated rings. The molecule has 3 N–H and O–H groups in total. The number of carbonyl (C=O) groups is 1. The van der Waals surface area contributed by atoms with Crippen molar-refractivity contribution in [3.05, 3.63) is 76.4 Å². The number of aromatic hydroxyl groups is 1. The summed E-state index contributed by atoms with van der Waals surface area (Å²) in [6, 6.07) is 12.0. The first kappa shape index (κ1) is 15.0. The van der Waals surface area contributed by atoms with Gasteiger partial charge in [0.2, 0.25) is 0 Å². The second kappa shape index (κ2) is 6.40. The number of para-hydroxylation sites is 2. The number of carbonyl (C=O) groups excluding carboxylic acids is 1. The number of hydrazine groups is 1. The van der Waals surface area contributed by atoms with Crippen LogP contribution in [-0.4, -0.2) is 15.9 Å². The molecule has 0 aromatic heterocycles. The number of hydrogen-bond donors (Lipinski definition) is 3. The van der Waals surface area contributed by atoms with Crippen LogP contribution in [0.15, 0.2) is 55.1 Å². The number of nitro benzene ring substituents is 1. The molecule has 0 unspecified atom stereocenters. The molecule has 112 valence electrons. The molecule has 7 nitrogen and oxygen atoms in total. The van der Waals surface area contributed by atoms with E-state index in [0.29, 0.717) is 5.56 Å². The van der Waals surface area contributed by atoms with Crippen molar-refractivity contribution in [2.75, 3.05) is 0 Å². The molecule has 0 aliphatic rings. The molecule has 1 amide bonds. The lowest BCUT2D eigenvalue weighted by Gasteiger charge is -2.12. The zero-order valence-electron chi connectivity index (χ0n) is 11.4. The Balaban J connectivity index is 2.09. The Hall–Kier alpha value is -3.35. The maximum Gasteiger partial charge on any atom is 0.282 e. The lowest BCUT2D eigenvalue weighted by atomic mass is 10.1. The van der Waals surface area contributed by atoms with E-state index < -0.39 is 10.8 Å². The van der Waals surface area contributed by atoms with Crippen molar-refractivity contribution in [1.29, 1.82) is 0 Å². The van der Waals surface area contributed by atoms with Gasteiger partial charge in [0.05, 0.1) is 10.6 Å². The smallest absolute Gasteiger partial charge is 0.282 e. The number of rotatable bonds is 5. The Morgan fingerprint density at radius 3 is 2.27 bits per heavy atom. The fourth-order valence-electron chi connectivity index (χ4n) is 1.82. The number of amides is 1. The predicted molar refractivity (Wildman–Crippen MR) is 80.8 cm³/mol. The number of nitrogens with zero attached hydrogens (tertiary/aromatic N) is 1. The lowest BCUT2D eigenvalue weighted by molar-refractivity contribution is -0.385. The van der Waals surface area contributed by atoms with E-state index in [2.05, 4.69) is 17.4 Å². The van der Waals surface area contributed by atoms with Crippen molar-refractivity contribution in [3.63, 3.8) is 0 Å². The number of nitro groups is 1. The predicted octanol–water partition coefficient (Wildman–Crippen LogP) is 2.21. The summed E-state index contributed by atoms with van der Waals surface area (Å²) in [6.45, 7) is 3.69. The molecule has 0 saturated heterocycles. The molecule has 0 atom stereocenters. The van der Waals surface area contributed by atoms with Crippen LogP contribution >= 0.6 is 0 Å². The molecule has 0 aliphatic heterocycles. The minimum Gasteiger partial charge on any atom is -0.507 e. The van der Waals surface area contributed by atoms with E-state index in [-0.39, 0.29) is 22.7 Å². The molecule has 7 heteroatoms. The number of phenolic OH excluding ortho intramolecular Hbond substituents is 1. The molecule has 0 spiro atoms. The molecule has 2 aromatic rings. The normalized spacial score (nSPS) is 9.82. The van der Waals surface area contributed by atoms with Crippen LogP contribution in [0, 0.1) is 10.1 Å². The van der Waals surface area contributed by atoms with Crippen molar-refractivity contribution >= 4 is 17.3 Å². The fraction of sp³-hybridized carbons (Fsp3) is 0. The topological polar surface area (TPSA) is 104 Å². The van der Waals surface area contributed by atoms with Gasteiger partial charge in [-0.15, -0.1) is 0 Å². The Kier molecular flexibility index (Phi) is 4.38. The molecular formula is C15H13N3O4. The number of phenols is 1. The van der Waals surface area contributed by atoms with E-state index in [1.807, 2.05) is 0 Å². The third-order valence-electron chi connectivity index (χ3n) is 2.90. The fourth-order valence-corrected chi connectivity index (χ4v) is 1.82. The first-order chi connectivity index (χ1) is 10.5. The average molecular weight is 299 g/mol. The number of benzene rings is 2. The number of hydrogen-bond acceptors (Lipinski definition) is 5. The summed E-state index contributed by atoms with van der Waals surface area (Å²) in [6.07, 6.45) is 0. The van der Waals surface area contributed by atoms with Crippen LogP contribution in [0.5, 0.6) is 5.75 Å². The van der Waals surface area contributed by atoms with E-state index in [9.17, 15) is 20.0 Å². The quantitative estimate of drug-likeness (QED) is 0.580. The monoisotopic (exact) mass is 299 g/mol. The van der Waals surface area contributed by atoms with Gasteiger partial charge in [-0.2, -0.15) is 0 Å². The van der Waals surface area contributed by atoms with Crippen molar-refractivity contribution in [1.82, 2.24) is 10.9 Å². The van der Waals surface area contributed by atoms with Gasteiger partial charge >= 0.3 is 0 Å². The Morgan fingerprint density at radius 1 is 1.05 bits per heavy atom. The Bertz CT molecular complexity index is 743. The molecule has 0 bridgehead atoms. The van der Waals surface area contributed by atoms with Crippen LogP contribution in [0.1, 0.15) is 15.9 Å². The molecule has 0 aliphatic carbocycles. The molecule has 0 heterocycles. The lowest BCUT2D eigenvalue weighted by Crippen LogP contribution is -2.36. The van der Waals surface area contributed by atoms with Gasteiger partial charge in [0.25, 0.3) is 11.6 Å². The summed E-state index contributed by atoms with van der Waals surface area (Å²) in [7, 11) is 0. The minimum absolute atomic E-state index is 0.0000550. The van der Waals surface area contributed by atoms with Crippen LogP contribution in [0.4, 0.5) is 5.69 Å². The highest BCUT2D eigenvalue weighted by atomic mass is 16.6. The average Bonchev–Trinajstić information content (AvgIpc) is 2.52. The molecule has 2 rings (SSSR count). The van der Waals surface area contributed by atoms with Gasteiger partial charge in [0.1, 0.15) is 11.3 Å².